The normalized spacial score (nSPS) is 9.87. The molecule has 0 spiro atoms. The lowest BCUT2D eigenvalue weighted by Gasteiger charge is -2.14. The number of halogens is 1. The minimum atomic E-state index is -0.526. The van der Waals surface area contributed by atoms with Crippen LogP contribution in [0.25, 0.3) is 0 Å². The summed E-state index contributed by atoms with van der Waals surface area (Å²) in [5.74, 6) is -0.666. The fraction of sp³-hybridized carbons (Fsp3) is 0.300. The van der Waals surface area contributed by atoms with Crippen LogP contribution >= 0.6 is 0 Å². The Morgan fingerprint density at radius 3 is 2.53 bits per heavy atom. The third-order valence-electron chi connectivity index (χ3n) is 1.91. The van der Waals surface area contributed by atoms with Crippen molar-refractivity contribution in [3.8, 4) is 5.75 Å². The molecule has 0 aromatic heterocycles. The first-order valence-electron chi connectivity index (χ1n) is 4.25. The zero-order valence-electron chi connectivity index (χ0n) is 8.78. The summed E-state index contributed by atoms with van der Waals surface area (Å²) in [6.45, 7) is 0. The molecule has 4 nitrogen and oxygen atoms in total. The minimum absolute atomic E-state index is 0.177. The zero-order valence-corrected chi connectivity index (χ0v) is 8.78. The van der Waals surface area contributed by atoms with E-state index in [1.807, 2.05) is 0 Å². The van der Waals surface area contributed by atoms with E-state index < -0.39 is 11.7 Å². The Balaban J connectivity index is 3.03. The van der Waals surface area contributed by atoms with Gasteiger partial charge < -0.3 is 4.74 Å². The molecule has 0 unspecified atom stereocenters. The van der Waals surface area contributed by atoms with Crippen molar-refractivity contribution in [2.45, 2.75) is 0 Å². The molecule has 0 aliphatic carbocycles. The molecule has 0 fully saturated rings. The van der Waals surface area contributed by atoms with Crippen LogP contribution in [0.15, 0.2) is 18.2 Å². The highest BCUT2D eigenvalue weighted by Crippen LogP contribution is 2.17. The van der Waals surface area contributed by atoms with Gasteiger partial charge in [0.25, 0.3) is 5.91 Å². The van der Waals surface area contributed by atoms with Gasteiger partial charge >= 0.3 is 0 Å². The summed E-state index contributed by atoms with van der Waals surface area (Å²) in [5.41, 5.74) is 0.177. The molecular formula is C10H12FNO3. The molecule has 1 amide bonds. The molecule has 0 aliphatic rings. The van der Waals surface area contributed by atoms with Gasteiger partial charge in [-0.05, 0) is 12.1 Å². The SMILES string of the molecule is COc1cc(F)cc(C(=O)N(C)OC)c1. The molecule has 1 aromatic carbocycles. The number of hydroxylamine groups is 2. The Morgan fingerprint density at radius 2 is 2.00 bits per heavy atom. The molecular weight excluding hydrogens is 201 g/mol. The Bertz CT molecular complexity index is 368. The van der Waals surface area contributed by atoms with Crippen LogP contribution in [0, 0.1) is 5.82 Å². The average Bonchev–Trinajstić information content (AvgIpc) is 2.26. The third-order valence-corrected chi connectivity index (χ3v) is 1.91. The van der Waals surface area contributed by atoms with Crippen molar-refractivity contribution < 1.29 is 18.8 Å². The van der Waals surface area contributed by atoms with Crippen LogP contribution in [0.5, 0.6) is 5.75 Å². The van der Waals surface area contributed by atoms with Crippen molar-refractivity contribution in [1.82, 2.24) is 5.06 Å². The van der Waals surface area contributed by atoms with Crippen molar-refractivity contribution >= 4 is 5.91 Å². The van der Waals surface area contributed by atoms with Crippen LogP contribution in [0.1, 0.15) is 10.4 Å². The van der Waals surface area contributed by atoms with Crippen LogP contribution in [0.4, 0.5) is 4.39 Å². The summed E-state index contributed by atoms with van der Waals surface area (Å²) in [5, 5.41) is 1.01. The molecule has 0 bridgehead atoms. The van der Waals surface area contributed by atoms with Gasteiger partial charge in [0.1, 0.15) is 11.6 Å². The summed E-state index contributed by atoms with van der Waals surface area (Å²) < 4.78 is 17.9. The zero-order chi connectivity index (χ0) is 11.4. The molecule has 1 aromatic rings. The lowest BCUT2D eigenvalue weighted by Crippen LogP contribution is -2.25. The van der Waals surface area contributed by atoms with E-state index in [0.29, 0.717) is 5.75 Å². The molecule has 5 heteroatoms. The van der Waals surface area contributed by atoms with Gasteiger partial charge in [-0.3, -0.25) is 9.63 Å². The van der Waals surface area contributed by atoms with E-state index in [1.54, 1.807) is 0 Å². The molecule has 0 atom stereocenters. The first kappa shape index (κ1) is 11.5. The second kappa shape index (κ2) is 4.75. The van der Waals surface area contributed by atoms with Crippen LogP contribution < -0.4 is 4.74 Å². The number of hydrogen-bond acceptors (Lipinski definition) is 3. The molecule has 0 radical (unpaired) electrons. The fourth-order valence-corrected chi connectivity index (χ4v) is 1.07. The largest absolute Gasteiger partial charge is 0.497 e. The van der Waals surface area contributed by atoms with Gasteiger partial charge in [0, 0.05) is 18.7 Å². The standard InChI is InChI=1S/C10H12FNO3/c1-12(15-3)10(13)7-4-8(11)6-9(5-7)14-2/h4-6H,1-3H3. The third kappa shape index (κ3) is 2.66. The van der Waals surface area contributed by atoms with Crippen LogP contribution in [0.2, 0.25) is 0 Å². The molecule has 15 heavy (non-hydrogen) atoms. The summed E-state index contributed by atoms with van der Waals surface area (Å²) in [4.78, 5) is 16.3. The Kier molecular flexibility index (Phi) is 3.62. The van der Waals surface area contributed by atoms with Crippen molar-refractivity contribution in [1.29, 1.82) is 0 Å². The van der Waals surface area contributed by atoms with Gasteiger partial charge in [0.2, 0.25) is 0 Å². The van der Waals surface area contributed by atoms with Gasteiger partial charge in [0.05, 0.1) is 14.2 Å². The van der Waals surface area contributed by atoms with Crippen LogP contribution in [-0.4, -0.2) is 32.2 Å². The maximum absolute atomic E-state index is 13.1. The van der Waals surface area contributed by atoms with Crippen LogP contribution in [0.3, 0.4) is 0 Å². The van der Waals surface area contributed by atoms with E-state index in [1.165, 1.54) is 33.4 Å². The highest BCUT2D eigenvalue weighted by Gasteiger charge is 2.13. The van der Waals surface area contributed by atoms with E-state index >= 15 is 0 Å². The van der Waals surface area contributed by atoms with Gasteiger partial charge in [-0.15, -0.1) is 0 Å². The number of ether oxygens (including phenoxy) is 1. The number of methoxy groups -OCH3 is 1. The van der Waals surface area contributed by atoms with Gasteiger partial charge in [-0.1, -0.05) is 0 Å². The number of rotatable bonds is 3. The first-order valence-corrected chi connectivity index (χ1v) is 4.25. The van der Waals surface area contributed by atoms with E-state index in [4.69, 9.17) is 9.57 Å². The molecule has 0 N–H and O–H groups in total. The molecule has 0 heterocycles. The van der Waals surface area contributed by atoms with Crippen molar-refractivity contribution in [2.24, 2.45) is 0 Å². The van der Waals surface area contributed by atoms with E-state index in [2.05, 4.69) is 0 Å². The monoisotopic (exact) mass is 213 g/mol. The number of carbonyl (C=O) groups excluding carboxylic acids is 1. The van der Waals surface area contributed by atoms with E-state index in [0.717, 1.165) is 11.1 Å². The molecule has 1 rings (SSSR count). The maximum atomic E-state index is 13.1. The van der Waals surface area contributed by atoms with Crippen LogP contribution in [-0.2, 0) is 4.84 Å². The fourth-order valence-electron chi connectivity index (χ4n) is 1.07. The van der Waals surface area contributed by atoms with Crippen molar-refractivity contribution in [2.75, 3.05) is 21.3 Å². The summed E-state index contributed by atoms with van der Waals surface area (Å²) in [6, 6.07) is 3.77. The quantitative estimate of drug-likeness (QED) is 0.713. The van der Waals surface area contributed by atoms with Gasteiger partial charge in [-0.2, -0.15) is 0 Å². The maximum Gasteiger partial charge on any atom is 0.277 e. The Hall–Kier alpha value is -1.62. The number of benzene rings is 1. The predicted octanol–water partition coefficient (Wildman–Crippen LogP) is 1.47. The molecule has 0 saturated heterocycles. The first-order chi connectivity index (χ1) is 7.08. The minimum Gasteiger partial charge on any atom is -0.497 e. The lowest BCUT2D eigenvalue weighted by atomic mass is 10.2. The summed E-state index contributed by atoms with van der Waals surface area (Å²) in [7, 11) is 4.21. The topological polar surface area (TPSA) is 38.8 Å². The highest BCUT2D eigenvalue weighted by atomic mass is 19.1. The second-order valence-electron chi connectivity index (χ2n) is 2.86. The smallest absolute Gasteiger partial charge is 0.277 e. The summed E-state index contributed by atoms with van der Waals surface area (Å²) in [6.07, 6.45) is 0. The van der Waals surface area contributed by atoms with Gasteiger partial charge in [-0.25, -0.2) is 9.45 Å². The highest BCUT2D eigenvalue weighted by molar-refractivity contribution is 5.93. The molecule has 82 valence electrons. The number of carbonyl (C=O) groups is 1. The second-order valence-corrected chi connectivity index (χ2v) is 2.86. The number of amides is 1. The molecule has 0 saturated carbocycles. The van der Waals surface area contributed by atoms with E-state index in [9.17, 15) is 9.18 Å². The average molecular weight is 213 g/mol. The predicted molar refractivity (Wildman–Crippen MR) is 52.1 cm³/mol. The number of nitrogens with zero attached hydrogens (tertiary/aromatic N) is 1. The van der Waals surface area contributed by atoms with Crippen molar-refractivity contribution in [3.05, 3.63) is 29.6 Å². The lowest BCUT2D eigenvalue weighted by molar-refractivity contribution is -0.0757. The van der Waals surface area contributed by atoms with Gasteiger partial charge in [0.15, 0.2) is 0 Å². The Morgan fingerprint density at radius 1 is 1.33 bits per heavy atom. The van der Waals surface area contributed by atoms with Crippen molar-refractivity contribution in [3.63, 3.8) is 0 Å². The Labute approximate surface area is 87.2 Å². The summed E-state index contributed by atoms with van der Waals surface area (Å²) >= 11 is 0. The molecule has 0 aliphatic heterocycles. The number of hydrogen-bond donors (Lipinski definition) is 0. The van der Waals surface area contributed by atoms with E-state index in [-0.39, 0.29) is 5.56 Å².